The quantitative estimate of drug-likeness (QED) is 0.759. The van der Waals surface area contributed by atoms with Crippen LogP contribution in [0.3, 0.4) is 0 Å². The SMILES string of the molecule is Cc1cc(C(=O)CN(Cc2ccccc2)C(C)C)c(C)n1C. The molecule has 2 rings (SSSR count). The number of nitrogens with zero attached hydrogens (tertiary/aromatic N) is 2. The molecule has 3 nitrogen and oxygen atoms in total. The molecule has 0 saturated heterocycles. The van der Waals surface area contributed by atoms with Crippen LogP contribution in [0, 0.1) is 13.8 Å². The molecule has 0 N–H and O–H groups in total. The van der Waals surface area contributed by atoms with E-state index in [1.54, 1.807) is 0 Å². The molecule has 0 amide bonds. The zero-order chi connectivity index (χ0) is 16.3. The van der Waals surface area contributed by atoms with Gasteiger partial charge in [0.15, 0.2) is 5.78 Å². The van der Waals surface area contributed by atoms with Crippen molar-refractivity contribution in [1.82, 2.24) is 9.47 Å². The monoisotopic (exact) mass is 298 g/mol. The van der Waals surface area contributed by atoms with Crippen molar-refractivity contribution in [2.45, 2.75) is 40.3 Å². The number of Topliss-reactive ketones (excluding diaryl/α,β-unsaturated/α-hetero) is 1. The van der Waals surface area contributed by atoms with Crippen LogP contribution in [-0.4, -0.2) is 27.8 Å². The molecule has 1 heterocycles. The molecule has 2 aromatic rings. The summed E-state index contributed by atoms with van der Waals surface area (Å²) in [5.41, 5.74) is 4.26. The summed E-state index contributed by atoms with van der Waals surface area (Å²) in [6.07, 6.45) is 0. The molecular formula is C19H26N2O. The fraction of sp³-hybridized carbons (Fsp3) is 0.421. The van der Waals surface area contributed by atoms with Gasteiger partial charge >= 0.3 is 0 Å². The van der Waals surface area contributed by atoms with Gasteiger partial charge in [0, 0.05) is 36.6 Å². The predicted octanol–water partition coefficient (Wildman–Crippen LogP) is 3.74. The molecule has 118 valence electrons. The van der Waals surface area contributed by atoms with E-state index in [4.69, 9.17) is 0 Å². The minimum atomic E-state index is 0.200. The Balaban J connectivity index is 2.14. The van der Waals surface area contributed by atoms with E-state index < -0.39 is 0 Å². The van der Waals surface area contributed by atoms with Crippen LogP contribution in [0.4, 0.5) is 0 Å². The van der Waals surface area contributed by atoms with Gasteiger partial charge in [-0.2, -0.15) is 0 Å². The summed E-state index contributed by atoms with van der Waals surface area (Å²) in [5.74, 6) is 0.200. The van der Waals surface area contributed by atoms with Crippen LogP contribution in [-0.2, 0) is 13.6 Å². The maximum Gasteiger partial charge on any atom is 0.178 e. The molecule has 0 spiro atoms. The minimum Gasteiger partial charge on any atom is -0.351 e. The van der Waals surface area contributed by atoms with E-state index >= 15 is 0 Å². The molecule has 0 atom stereocenters. The predicted molar refractivity (Wildman–Crippen MR) is 91.2 cm³/mol. The van der Waals surface area contributed by atoms with Gasteiger partial charge in [-0.25, -0.2) is 0 Å². The standard InChI is InChI=1S/C19H26N2O/c1-14(2)21(12-17-9-7-6-8-10-17)13-19(22)18-11-15(3)20(5)16(18)4/h6-11,14H,12-13H2,1-5H3. The molecule has 0 aliphatic carbocycles. The Labute approximate surface area is 133 Å². The van der Waals surface area contributed by atoms with Gasteiger partial charge in [0.2, 0.25) is 0 Å². The number of ketones is 1. The number of rotatable bonds is 6. The summed E-state index contributed by atoms with van der Waals surface area (Å²) >= 11 is 0. The minimum absolute atomic E-state index is 0.200. The zero-order valence-corrected chi connectivity index (χ0v) is 14.3. The Morgan fingerprint density at radius 2 is 1.82 bits per heavy atom. The number of aromatic nitrogens is 1. The van der Waals surface area contributed by atoms with Crippen molar-refractivity contribution < 1.29 is 4.79 Å². The van der Waals surface area contributed by atoms with Crippen LogP contribution in [0.25, 0.3) is 0 Å². The highest BCUT2D eigenvalue weighted by molar-refractivity contribution is 5.99. The average Bonchev–Trinajstić information content (AvgIpc) is 2.75. The highest BCUT2D eigenvalue weighted by atomic mass is 16.1. The second kappa shape index (κ2) is 6.93. The lowest BCUT2D eigenvalue weighted by Crippen LogP contribution is -2.35. The topological polar surface area (TPSA) is 25.2 Å². The van der Waals surface area contributed by atoms with Gasteiger partial charge in [-0.3, -0.25) is 9.69 Å². The van der Waals surface area contributed by atoms with Crippen molar-refractivity contribution in [2.24, 2.45) is 7.05 Å². The average molecular weight is 298 g/mol. The molecule has 1 aromatic carbocycles. The zero-order valence-electron chi connectivity index (χ0n) is 14.3. The second-order valence-corrected chi connectivity index (χ2v) is 6.25. The van der Waals surface area contributed by atoms with Crippen molar-refractivity contribution in [2.75, 3.05) is 6.54 Å². The van der Waals surface area contributed by atoms with E-state index in [9.17, 15) is 4.79 Å². The summed E-state index contributed by atoms with van der Waals surface area (Å²) in [6.45, 7) is 9.58. The fourth-order valence-electron chi connectivity index (χ4n) is 2.65. The molecule has 3 heteroatoms. The Kier molecular flexibility index (Phi) is 5.19. The third kappa shape index (κ3) is 3.66. The van der Waals surface area contributed by atoms with E-state index in [-0.39, 0.29) is 5.78 Å². The van der Waals surface area contributed by atoms with E-state index in [1.165, 1.54) is 5.56 Å². The van der Waals surface area contributed by atoms with E-state index in [0.717, 1.165) is 23.5 Å². The van der Waals surface area contributed by atoms with Crippen molar-refractivity contribution in [1.29, 1.82) is 0 Å². The molecule has 0 radical (unpaired) electrons. The van der Waals surface area contributed by atoms with Crippen molar-refractivity contribution >= 4 is 5.78 Å². The number of carbonyl (C=O) groups is 1. The summed E-state index contributed by atoms with van der Waals surface area (Å²) in [7, 11) is 2.01. The third-order valence-electron chi connectivity index (χ3n) is 4.38. The van der Waals surface area contributed by atoms with E-state index in [0.29, 0.717) is 12.6 Å². The van der Waals surface area contributed by atoms with Crippen molar-refractivity contribution in [3.63, 3.8) is 0 Å². The maximum atomic E-state index is 12.7. The molecule has 0 saturated carbocycles. The Morgan fingerprint density at radius 3 is 2.32 bits per heavy atom. The maximum absolute atomic E-state index is 12.7. The third-order valence-corrected chi connectivity index (χ3v) is 4.38. The number of aryl methyl sites for hydroxylation is 1. The smallest absolute Gasteiger partial charge is 0.178 e. The van der Waals surface area contributed by atoms with Crippen LogP contribution in [0.1, 0.15) is 41.2 Å². The van der Waals surface area contributed by atoms with Crippen LogP contribution >= 0.6 is 0 Å². The Bertz CT molecular complexity index is 641. The number of carbonyl (C=O) groups excluding carboxylic acids is 1. The summed E-state index contributed by atoms with van der Waals surface area (Å²) in [5, 5.41) is 0. The Morgan fingerprint density at radius 1 is 1.18 bits per heavy atom. The first-order valence-electron chi connectivity index (χ1n) is 7.84. The van der Waals surface area contributed by atoms with E-state index in [2.05, 4.69) is 35.4 Å². The van der Waals surface area contributed by atoms with Gasteiger partial charge in [-0.15, -0.1) is 0 Å². The van der Waals surface area contributed by atoms with Gasteiger partial charge in [-0.1, -0.05) is 30.3 Å². The highest BCUT2D eigenvalue weighted by Crippen LogP contribution is 2.16. The first-order valence-corrected chi connectivity index (χ1v) is 7.84. The molecular weight excluding hydrogens is 272 g/mol. The highest BCUT2D eigenvalue weighted by Gasteiger charge is 2.19. The molecule has 0 aliphatic heterocycles. The van der Waals surface area contributed by atoms with E-state index in [1.807, 2.05) is 45.2 Å². The first-order chi connectivity index (χ1) is 10.4. The number of hydrogen-bond acceptors (Lipinski definition) is 2. The lowest BCUT2D eigenvalue weighted by atomic mass is 10.1. The number of hydrogen-bond donors (Lipinski definition) is 0. The van der Waals surface area contributed by atoms with Crippen LogP contribution in [0.5, 0.6) is 0 Å². The van der Waals surface area contributed by atoms with Gasteiger partial charge in [0.05, 0.1) is 6.54 Å². The Hall–Kier alpha value is -1.87. The van der Waals surface area contributed by atoms with Gasteiger partial charge in [-0.05, 0) is 39.3 Å². The molecule has 1 aromatic heterocycles. The molecule has 0 bridgehead atoms. The van der Waals surface area contributed by atoms with Gasteiger partial charge in [0.1, 0.15) is 0 Å². The largest absolute Gasteiger partial charge is 0.351 e. The molecule has 22 heavy (non-hydrogen) atoms. The van der Waals surface area contributed by atoms with Crippen LogP contribution in [0.2, 0.25) is 0 Å². The van der Waals surface area contributed by atoms with Crippen LogP contribution in [0.15, 0.2) is 36.4 Å². The second-order valence-electron chi connectivity index (χ2n) is 6.25. The summed E-state index contributed by atoms with van der Waals surface area (Å²) in [6, 6.07) is 12.6. The summed E-state index contributed by atoms with van der Waals surface area (Å²) in [4.78, 5) is 14.9. The lowest BCUT2D eigenvalue weighted by molar-refractivity contribution is 0.0897. The molecule has 0 aliphatic rings. The van der Waals surface area contributed by atoms with Crippen LogP contribution < -0.4 is 0 Å². The first kappa shape index (κ1) is 16.5. The van der Waals surface area contributed by atoms with Crippen molar-refractivity contribution in [3.05, 3.63) is 58.9 Å². The lowest BCUT2D eigenvalue weighted by Gasteiger charge is -2.25. The van der Waals surface area contributed by atoms with Gasteiger partial charge < -0.3 is 4.57 Å². The normalized spacial score (nSPS) is 11.4. The number of benzene rings is 1. The molecule has 0 unspecified atom stereocenters. The van der Waals surface area contributed by atoms with Crippen molar-refractivity contribution in [3.8, 4) is 0 Å². The summed E-state index contributed by atoms with van der Waals surface area (Å²) < 4.78 is 2.07. The van der Waals surface area contributed by atoms with Gasteiger partial charge in [0.25, 0.3) is 0 Å². The molecule has 0 fully saturated rings. The fourth-order valence-corrected chi connectivity index (χ4v) is 2.65.